The van der Waals surface area contributed by atoms with Crippen molar-refractivity contribution in [2.24, 2.45) is 11.8 Å². The highest BCUT2D eigenvalue weighted by Gasteiger charge is 2.36. The highest BCUT2D eigenvalue weighted by Crippen LogP contribution is 2.38. The number of sulfonamides is 1. The lowest BCUT2D eigenvalue weighted by Crippen LogP contribution is -2.37. The number of methoxy groups -OCH3 is 1. The minimum Gasteiger partial charge on any atom is -0.520 e. The fourth-order valence-electron chi connectivity index (χ4n) is 11.7. The Balaban J connectivity index is 0.000000164. The van der Waals surface area contributed by atoms with Gasteiger partial charge in [-0.3, -0.25) is 4.79 Å². The Kier molecular flexibility index (Phi) is 24.3. The van der Waals surface area contributed by atoms with Crippen LogP contribution in [0.5, 0.6) is 0 Å². The van der Waals surface area contributed by atoms with Gasteiger partial charge in [0.2, 0.25) is 18.3 Å². The predicted octanol–water partition coefficient (Wildman–Crippen LogP) is 17.8. The topological polar surface area (TPSA) is 176 Å². The number of ether oxygens (including phenoxy) is 1. The van der Waals surface area contributed by atoms with E-state index in [9.17, 15) is 49.8 Å². The summed E-state index contributed by atoms with van der Waals surface area (Å²) < 4.78 is 120. The monoisotopic (exact) mass is 1390 g/mol. The van der Waals surface area contributed by atoms with Crippen LogP contribution in [0.3, 0.4) is 0 Å². The Bertz CT molecular complexity index is 4750. The summed E-state index contributed by atoms with van der Waals surface area (Å²) in [6.07, 6.45) is 2.59. The molecule has 0 aliphatic heterocycles. The molecule has 0 saturated carbocycles. The molecule has 3 heterocycles. The molecule has 0 spiro atoms. The van der Waals surface area contributed by atoms with Crippen LogP contribution in [0.1, 0.15) is 84.9 Å². The lowest BCUT2D eigenvalue weighted by molar-refractivity contribution is -0.142. The molecule has 0 aliphatic rings. The van der Waals surface area contributed by atoms with Crippen LogP contribution in [-0.2, 0) is 24.0 Å². The van der Waals surface area contributed by atoms with Gasteiger partial charge in [-0.05, 0) is 188 Å². The van der Waals surface area contributed by atoms with Crippen LogP contribution in [0.4, 0.5) is 26.3 Å². The van der Waals surface area contributed by atoms with E-state index in [4.69, 9.17) is 9.16 Å². The summed E-state index contributed by atoms with van der Waals surface area (Å²) >= 11 is 0. The van der Waals surface area contributed by atoms with Crippen LogP contribution in [0.25, 0.3) is 49.8 Å². The van der Waals surface area contributed by atoms with E-state index in [-0.39, 0.29) is 41.8 Å². The first-order valence-corrected chi connectivity index (χ1v) is 37.1. The van der Waals surface area contributed by atoms with Crippen molar-refractivity contribution in [3.63, 3.8) is 0 Å². The Morgan fingerprint density at radius 1 is 0.545 bits per heavy atom. The lowest BCUT2D eigenvalue weighted by Gasteiger charge is -2.28. The van der Waals surface area contributed by atoms with E-state index in [1.165, 1.54) is 36.4 Å². The number of allylic oxidation sites excluding steroid dienone is 1. The second kappa shape index (κ2) is 32.9. The van der Waals surface area contributed by atoms with E-state index >= 15 is 0 Å². The van der Waals surface area contributed by atoms with Crippen LogP contribution in [-0.4, -0.2) is 87.8 Å². The number of hydrogen-bond donors (Lipinski definition) is 3. The third-order valence-corrected chi connectivity index (χ3v) is 18.5. The van der Waals surface area contributed by atoms with E-state index < -0.39 is 48.3 Å². The smallest absolute Gasteiger partial charge is 0.404 e. The number of benzene rings is 9. The molecule has 514 valence electrons. The van der Waals surface area contributed by atoms with Gasteiger partial charge in [0.05, 0.1) is 65.2 Å². The summed E-state index contributed by atoms with van der Waals surface area (Å²) in [6.45, 7) is 11.9. The number of nitrogens with zero attached hydrogens (tertiary/aromatic N) is 6. The van der Waals surface area contributed by atoms with E-state index in [1.54, 1.807) is 76.1 Å². The van der Waals surface area contributed by atoms with Crippen LogP contribution in [0.2, 0.25) is 19.6 Å². The first-order chi connectivity index (χ1) is 47.4. The maximum atomic E-state index is 13.3. The Morgan fingerprint density at radius 3 is 1.26 bits per heavy atom. The molecular weight excluding hydrogens is 1310 g/mol. The van der Waals surface area contributed by atoms with E-state index in [0.29, 0.717) is 24.5 Å². The summed E-state index contributed by atoms with van der Waals surface area (Å²) in [5.41, 5.74) is 10.2. The second-order valence-corrected chi connectivity index (χ2v) is 30.6. The van der Waals surface area contributed by atoms with Crippen molar-refractivity contribution in [1.82, 2.24) is 34.1 Å². The Labute approximate surface area is 572 Å². The molecule has 12 aromatic rings. The fraction of sp³-hybridized carbons (Fsp3) is 0.221. The third kappa shape index (κ3) is 19.4. The molecule has 5 unspecified atom stereocenters. The minimum atomic E-state index is -4.82. The van der Waals surface area contributed by atoms with Crippen molar-refractivity contribution in [2.75, 3.05) is 19.4 Å². The number of carboxylic acid groups (broad SMARTS) is 1. The number of alkyl halides is 3. The quantitative estimate of drug-likeness (QED) is 0.0357. The van der Waals surface area contributed by atoms with Crippen molar-refractivity contribution in [1.29, 1.82) is 0 Å². The number of aliphatic hydroxyl groups excluding tert-OH is 1. The molecular formula is C77H77F6N7O7SSi. The van der Waals surface area contributed by atoms with Crippen molar-refractivity contribution in [2.45, 2.75) is 77.4 Å². The van der Waals surface area contributed by atoms with Crippen LogP contribution in [0.15, 0.2) is 249 Å². The summed E-state index contributed by atoms with van der Waals surface area (Å²) in [5, 5.41) is 36.3. The molecule has 0 bridgehead atoms. The maximum Gasteiger partial charge on any atom is 0.404 e. The Morgan fingerprint density at radius 2 is 0.919 bits per heavy atom. The number of nitrogens with one attached hydrogen (secondary N) is 1. The van der Waals surface area contributed by atoms with Gasteiger partial charge in [-0.15, -0.1) is 0 Å². The average Bonchev–Trinajstić information content (AvgIpc) is 1.72. The molecule has 14 nitrogen and oxygen atoms in total. The molecule has 5 atom stereocenters. The molecule has 3 aromatic heterocycles. The summed E-state index contributed by atoms with van der Waals surface area (Å²) in [5.74, 6) is -4.35. The zero-order chi connectivity index (χ0) is 71.0. The highest BCUT2D eigenvalue weighted by molar-refractivity contribution is 7.89. The first-order valence-electron chi connectivity index (χ1n) is 32.1. The lowest BCUT2D eigenvalue weighted by atomic mass is 9.79. The van der Waals surface area contributed by atoms with Crippen molar-refractivity contribution in [3.05, 3.63) is 300 Å². The van der Waals surface area contributed by atoms with Gasteiger partial charge in [0.25, 0.3) is 5.95 Å². The summed E-state index contributed by atoms with van der Waals surface area (Å²) in [7, 11) is -4.36. The number of hydrogen-bond acceptors (Lipinski definition) is 9. The van der Waals surface area contributed by atoms with Crippen molar-refractivity contribution >= 4 is 57.0 Å². The normalized spacial score (nSPS) is 13.4. The molecule has 0 saturated heterocycles. The SMILES string of the molecule is C/C=C(/OC)O[Si](C)(C)C.CCC(C(=O)O)C(c1ccccc1)c1ccc2c(cnn2-c2ccc(F)cc2)c1.CCC(CNS(=O)(=O)CC(F)(F)F)C(c1ccccc1)c1ccc2c(cnn2-c2ccc(F)cc2)c1.OC(c1ccccc1)c1ccc2c(cnn2-c2ccc(F)cc2)c1. The third-order valence-electron chi connectivity index (χ3n) is 16.4. The molecule has 0 fully saturated rings. The van der Waals surface area contributed by atoms with Crippen molar-refractivity contribution < 1.29 is 58.9 Å². The van der Waals surface area contributed by atoms with Crippen LogP contribution < -0.4 is 4.72 Å². The predicted molar refractivity (Wildman–Crippen MR) is 378 cm³/mol. The largest absolute Gasteiger partial charge is 0.520 e. The Hall–Kier alpha value is -10.1. The molecule has 0 radical (unpaired) electrons. The first kappa shape index (κ1) is 73.1. The van der Waals surface area contributed by atoms with E-state index in [2.05, 4.69) is 39.7 Å². The van der Waals surface area contributed by atoms with Crippen molar-refractivity contribution in [3.8, 4) is 17.1 Å². The average molecular weight is 1390 g/mol. The van der Waals surface area contributed by atoms with Gasteiger partial charge >= 0.3 is 12.1 Å². The molecule has 0 amide bonds. The fourth-order valence-corrected chi connectivity index (χ4v) is 13.5. The number of halogens is 6. The molecule has 12 rings (SSSR count). The molecule has 3 N–H and O–H groups in total. The van der Waals surface area contributed by atoms with Crippen LogP contribution >= 0.6 is 0 Å². The number of carbonyl (C=O) groups is 1. The van der Waals surface area contributed by atoms with Crippen LogP contribution in [0, 0.1) is 29.3 Å². The number of rotatable bonds is 21. The van der Waals surface area contributed by atoms with Gasteiger partial charge < -0.3 is 19.4 Å². The molecule has 9 aromatic carbocycles. The minimum absolute atomic E-state index is 0.138. The maximum absolute atomic E-state index is 13.3. The number of fused-ring (bicyclic) bond motifs is 3. The van der Waals surface area contributed by atoms with E-state index in [0.717, 1.165) is 77.5 Å². The molecule has 0 aliphatic carbocycles. The summed E-state index contributed by atoms with van der Waals surface area (Å²) in [4.78, 5) is 12.0. The zero-order valence-electron chi connectivity index (χ0n) is 55.6. The van der Waals surface area contributed by atoms with Gasteiger partial charge in [0.1, 0.15) is 23.6 Å². The van der Waals surface area contributed by atoms with Gasteiger partial charge in [0, 0.05) is 34.5 Å². The number of aliphatic carboxylic acids is 1. The number of aromatic nitrogens is 6. The molecule has 99 heavy (non-hydrogen) atoms. The van der Waals surface area contributed by atoms with Gasteiger partial charge in [0.15, 0.2) is 5.75 Å². The van der Waals surface area contributed by atoms with E-state index in [1.807, 2.05) is 172 Å². The number of aliphatic hydroxyl groups is 1. The van der Waals surface area contributed by atoms with Gasteiger partial charge in [-0.1, -0.05) is 129 Å². The molecule has 22 heteroatoms. The summed E-state index contributed by atoms with van der Waals surface area (Å²) in [6, 6.07) is 64.5. The van der Waals surface area contributed by atoms with Gasteiger partial charge in [-0.25, -0.2) is 40.4 Å². The standard InChI is InChI=1S/C26H25F4N3O2S.C24H21FN2O2.C20H15FN2O.C7H16O2Si/c1-2-18(16-32-36(34,35)17-26(28,29)30)25(19-6-4-3-5-7-19)20-8-13-24-21(14-20)15-31-33(24)23-11-9-22(27)10-12-23;1-2-21(24(28)29)23(16-6-4-3-5-7-16)17-8-13-22-18(14-17)15-26-27(22)20-11-9-19(25)10-12-20;21-17-7-9-18(10-8-17)23-19-11-6-15(12-16(19)13-22-23)20(24)14-4-2-1-3-5-14;1-6-7(8-2)9-10(3,4)5/h3-15,18,25,32H,2,16-17H2,1H3;3-15,21,23H,2H2,1H3,(H,28,29);1-13,20,24H;6H,1-5H3/b;;;7-6-. The second-order valence-electron chi connectivity index (χ2n) is 24.4. The van der Waals surface area contributed by atoms with Gasteiger partial charge in [-0.2, -0.15) is 28.5 Å². The number of carboxylic acids is 1. The zero-order valence-corrected chi connectivity index (χ0v) is 57.4. The highest BCUT2D eigenvalue weighted by atomic mass is 32.2.